The smallest absolute Gasteiger partial charge is 0.129 e. The van der Waals surface area contributed by atoms with Crippen LogP contribution in [-0.4, -0.2) is 19.7 Å². The first-order chi connectivity index (χ1) is 9.69. The maximum absolute atomic E-state index is 13.8. The van der Waals surface area contributed by atoms with E-state index in [-0.39, 0.29) is 5.41 Å². The van der Waals surface area contributed by atoms with Crippen molar-refractivity contribution in [2.75, 3.05) is 19.7 Å². The van der Waals surface area contributed by atoms with Crippen molar-refractivity contribution in [3.05, 3.63) is 35.4 Å². The van der Waals surface area contributed by atoms with Crippen LogP contribution in [0, 0.1) is 17.0 Å². The molecule has 2 fully saturated rings. The zero-order valence-corrected chi connectivity index (χ0v) is 11.6. The van der Waals surface area contributed by atoms with Crippen LogP contribution in [0.2, 0.25) is 0 Å². The number of halogens is 2. The van der Waals surface area contributed by atoms with Gasteiger partial charge < -0.3 is 10.1 Å². The highest BCUT2D eigenvalue weighted by Crippen LogP contribution is 2.38. The van der Waals surface area contributed by atoms with Crippen molar-refractivity contribution in [2.24, 2.45) is 5.41 Å². The van der Waals surface area contributed by atoms with Gasteiger partial charge in [-0.1, -0.05) is 19.3 Å². The standard InChI is InChI=1S/C16H21F2NO/c17-12-4-5-14(18)13(8-12)15-9-19-10-16(11-20-15)6-2-1-3-7-16/h4-5,8,15,19H,1-3,6-7,9-11H2. The molecule has 1 heterocycles. The Morgan fingerprint density at radius 1 is 1.15 bits per heavy atom. The molecule has 1 spiro atoms. The lowest BCUT2D eigenvalue weighted by Crippen LogP contribution is -2.37. The number of hydrogen-bond acceptors (Lipinski definition) is 2. The molecule has 0 aromatic heterocycles. The molecule has 1 aromatic rings. The summed E-state index contributed by atoms with van der Waals surface area (Å²) in [4.78, 5) is 0. The topological polar surface area (TPSA) is 21.3 Å². The molecule has 0 bridgehead atoms. The maximum Gasteiger partial charge on any atom is 0.129 e. The SMILES string of the molecule is Fc1ccc(F)c(C2CNCC3(CCCCC3)CO2)c1. The Morgan fingerprint density at radius 3 is 2.75 bits per heavy atom. The van der Waals surface area contributed by atoms with Crippen LogP contribution in [0.4, 0.5) is 8.78 Å². The Morgan fingerprint density at radius 2 is 1.95 bits per heavy atom. The first-order valence-corrected chi connectivity index (χ1v) is 7.46. The molecule has 3 rings (SSSR count). The molecule has 2 nitrogen and oxygen atoms in total. The van der Waals surface area contributed by atoms with Crippen LogP contribution in [0.5, 0.6) is 0 Å². The van der Waals surface area contributed by atoms with E-state index in [1.54, 1.807) is 0 Å². The van der Waals surface area contributed by atoms with E-state index in [0.29, 0.717) is 18.7 Å². The quantitative estimate of drug-likeness (QED) is 0.849. The molecular formula is C16H21F2NO. The lowest BCUT2D eigenvalue weighted by molar-refractivity contribution is -0.00284. The van der Waals surface area contributed by atoms with Crippen molar-refractivity contribution >= 4 is 0 Å². The summed E-state index contributed by atoms with van der Waals surface area (Å²) in [5, 5.41) is 3.39. The molecule has 1 aliphatic carbocycles. The fourth-order valence-electron chi connectivity index (χ4n) is 3.44. The Hall–Kier alpha value is -1.00. The molecular weight excluding hydrogens is 260 g/mol. The van der Waals surface area contributed by atoms with Gasteiger partial charge >= 0.3 is 0 Å². The largest absolute Gasteiger partial charge is 0.371 e. The second kappa shape index (κ2) is 5.78. The van der Waals surface area contributed by atoms with Gasteiger partial charge in [-0.3, -0.25) is 0 Å². The molecule has 4 heteroatoms. The van der Waals surface area contributed by atoms with Crippen molar-refractivity contribution in [2.45, 2.75) is 38.2 Å². The Kier molecular flexibility index (Phi) is 4.03. The van der Waals surface area contributed by atoms with E-state index in [9.17, 15) is 8.78 Å². The summed E-state index contributed by atoms with van der Waals surface area (Å²) in [6.45, 7) is 2.10. The van der Waals surface area contributed by atoms with E-state index in [2.05, 4.69) is 5.32 Å². The summed E-state index contributed by atoms with van der Waals surface area (Å²) in [5.41, 5.74) is 0.516. The third-order valence-corrected chi connectivity index (χ3v) is 4.64. The number of ether oxygens (including phenoxy) is 1. The van der Waals surface area contributed by atoms with Gasteiger partial charge in [0.1, 0.15) is 11.6 Å². The summed E-state index contributed by atoms with van der Waals surface area (Å²) in [6, 6.07) is 3.57. The average Bonchev–Trinajstić information content (AvgIpc) is 2.66. The first-order valence-electron chi connectivity index (χ1n) is 7.46. The third kappa shape index (κ3) is 2.86. The van der Waals surface area contributed by atoms with Gasteiger partial charge in [0.2, 0.25) is 0 Å². The van der Waals surface area contributed by atoms with Gasteiger partial charge in [-0.2, -0.15) is 0 Å². The van der Waals surface area contributed by atoms with Crippen molar-refractivity contribution in [1.82, 2.24) is 5.32 Å². The van der Waals surface area contributed by atoms with E-state index < -0.39 is 17.7 Å². The number of hydrogen-bond donors (Lipinski definition) is 1. The summed E-state index contributed by atoms with van der Waals surface area (Å²) < 4.78 is 33.1. The zero-order chi connectivity index (χ0) is 14.0. The monoisotopic (exact) mass is 281 g/mol. The minimum Gasteiger partial charge on any atom is -0.371 e. The Labute approximate surface area is 118 Å². The second-order valence-corrected chi connectivity index (χ2v) is 6.16. The fraction of sp³-hybridized carbons (Fsp3) is 0.625. The van der Waals surface area contributed by atoms with Crippen molar-refractivity contribution in [3.63, 3.8) is 0 Å². The molecule has 0 amide bonds. The molecule has 20 heavy (non-hydrogen) atoms. The normalized spacial score (nSPS) is 26.4. The predicted octanol–water partition coefficient (Wildman–Crippen LogP) is 3.58. The number of rotatable bonds is 1. The highest BCUT2D eigenvalue weighted by molar-refractivity contribution is 5.22. The molecule has 1 aromatic carbocycles. The van der Waals surface area contributed by atoms with Crippen molar-refractivity contribution in [1.29, 1.82) is 0 Å². The molecule has 1 atom stereocenters. The fourth-order valence-corrected chi connectivity index (χ4v) is 3.44. The summed E-state index contributed by atoms with van der Waals surface area (Å²) >= 11 is 0. The molecule has 2 aliphatic rings. The maximum atomic E-state index is 13.8. The highest BCUT2D eigenvalue weighted by atomic mass is 19.1. The number of benzene rings is 1. The lowest BCUT2D eigenvalue weighted by Gasteiger charge is -2.35. The molecule has 1 saturated heterocycles. The third-order valence-electron chi connectivity index (χ3n) is 4.64. The molecule has 1 saturated carbocycles. The Balaban J connectivity index is 1.75. The van der Waals surface area contributed by atoms with E-state index in [1.807, 2.05) is 0 Å². The van der Waals surface area contributed by atoms with Gasteiger partial charge in [-0.25, -0.2) is 8.78 Å². The lowest BCUT2D eigenvalue weighted by atomic mass is 9.74. The summed E-state index contributed by atoms with van der Waals surface area (Å²) in [5.74, 6) is -0.806. The molecule has 1 N–H and O–H groups in total. The first kappa shape index (κ1) is 14.0. The van der Waals surface area contributed by atoms with E-state index in [0.717, 1.165) is 12.6 Å². The molecule has 0 radical (unpaired) electrons. The number of nitrogens with one attached hydrogen (secondary N) is 1. The van der Waals surface area contributed by atoms with E-state index in [1.165, 1.54) is 44.2 Å². The van der Waals surface area contributed by atoms with Gasteiger partial charge in [0, 0.05) is 24.1 Å². The molecule has 110 valence electrons. The van der Waals surface area contributed by atoms with Crippen molar-refractivity contribution in [3.8, 4) is 0 Å². The predicted molar refractivity (Wildman–Crippen MR) is 73.4 cm³/mol. The van der Waals surface area contributed by atoms with Crippen LogP contribution < -0.4 is 5.32 Å². The van der Waals surface area contributed by atoms with Gasteiger partial charge in [-0.05, 0) is 31.0 Å². The summed E-state index contributed by atoms with van der Waals surface area (Å²) in [7, 11) is 0. The van der Waals surface area contributed by atoms with Crippen molar-refractivity contribution < 1.29 is 13.5 Å². The van der Waals surface area contributed by atoms with Crippen LogP contribution in [0.25, 0.3) is 0 Å². The van der Waals surface area contributed by atoms with E-state index in [4.69, 9.17) is 4.74 Å². The molecule has 1 unspecified atom stereocenters. The van der Waals surface area contributed by atoms with Gasteiger partial charge in [0.25, 0.3) is 0 Å². The average molecular weight is 281 g/mol. The second-order valence-electron chi connectivity index (χ2n) is 6.16. The summed E-state index contributed by atoms with van der Waals surface area (Å²) in [6.07, 6.45) is 5.71. The van der Waals surface area contributed by atoms with Crippen LogP contribution in [-0.2, 0) is 4.74 Å². The minimum absolute atomic E-state index is 0.191. The highest BCUT2D eigenvalue weighted by Gasteiger charge is 2.35. The van der Waals surface area contributed by atoms with Gasteiger partial charge in [0.15, 0.2) is 0 Å². The van der Waals surface area contributed by atoms with Crippen LogP contribution in [0.3, 0.4) is 0 Å². The van der Waals surface area contributed by atoms with Gasteiger partial charge in [0.05, 0.1) is 12.7 Å². The minimum atomic E-state index is -0.415. The Bertz CT molecular complexity index is 472. The van der Waals surface area contributed by atoms with Crippen LogP contribution in [0.1, 0.15) is 43.8 Å². The van der Waals surface area contributed by atoms with E-state index >= 15 is 0 Å². The van der Waals surface area contributed by atoms with Gasteiger partial charge in [-0.15, -0.1) is 0 Å². The van der Waals surface area contributed by atoms with Crippen LogP contribution >= 0.6 is 0 Å². The molecule has 1 aliphatic heterocycles. The van der Waals surface area contributed by atoms with Crippen LogP contribution in [0.15, 0.2) is 18.2 Å². The zero-order valence-electron chi connectivity index (χ0n) is 11.6.